The highest BCUT2D eigenvalue weighted by molar-refractivity contribution is 14.1. The topological polar surface area (TPSA) is 116 Å². The number of rotatable bonds is 18. The molecule has 0 rings (SSSR count). The summed E-state index contributed by atoms with van der Waals surface area (Å²) in [5.41, 5.74) is 0. The van der Waals surface area contributed by atoms with E-state index in [9.17, 15) is 0 Å². The number of aliphatic hydroxyl groups excluding tert-OH is 3. The lowest BCUT2D eigenvalue weighted by molar-refractivity contribution is 0.000670. The van der Waals surface area contributed by atoms with Crippen molar-refractivity contribution in [1.29, 1.82) is 0 Å². The normalized spacial score (nSPS) is 13.2. The van der Waals surface area contributed by atoms with Gasteiger partial charge in [-0.25, -0.2) is 0 Å². The first kappa shape index (κ1) is 29.3. The van der Waals surface area contributed by atoms with Gasteiger partial charge in [0, 0.05) is 7.11 Å². The van der Waals surface area contributed by atoms with Gasteiger partial charge in [0.25, 0.3) is 0 Å². The van der Waals surface area contributed by atoms with Gasteiger partial charge in [0.05, 0.1) is 79.3 Å². The van der Waals surface area contributed by atoms with Crippen LogP contribution in [0.3, 0.4) is 0 Å². The highest BCUT2D eigenvalue weighted by atomic mass is 127. The molecule has 2 atom stereocenters. The van der Waals surface area contributed by atoms with E-state index in [1.54, 1.807) is 7.11 Å². The molecule has 0 aliphatic rings. The van der Waals surface area contributed by atoms with Crippen molar-refractivity contribution in [2.24, 2.45) is 0 Å². The third-order valence-electron chi connectivity index (χ3n) is 2.35. The summed E-state index contributed by atoms with van der Waals surface area (Å²) >= 11 is 4.02. The molecular weight excluding hydrogens is 578 g/mol. The van der Waals surface area contributed by atoms with Gasteiger partial charge in [-0.3, -0.25) is 0 Å². The highest BCUT2D eigenvalue weighted by Crippen LogP contribution is 2.00. The number of hydrogen-bond donors (Lipinski definition) is 3. The Labute approximate surface area is 182 Å². The van der Waals surface area contributed by atoms with E-state index in [2.05, 4.69) is 22.6 Å². The molecule has 0 bridgehead atoms. The number of alkyl halides is 2. The van der Waals surface area contributed by atoms with Crippen molar-refractivity contribution in [1.82, 2.24) is 0 Å². The summed E-state index contributed by atoms with van der Waals surface area (Å²) < 4.78 is 29.9. The zero-order chi connectivity index (χ0) is 19.9. The summed E-state index contributed by atoms with van der Waals surface area (Å²) in [5.74, 6) is 0. The van der Waals surface area contributed by atoms with Crippen LogP contribution in [0.5, 0.6) is 0 Å². The largest absolute Gasteiger partial charge is 0.394 e. The van der Waals surface area contributed by atoms with E-state index in [0.717, 1.165) is 0 Å². The molecule has 2 unspecified atom stereocenters. The van der Waals surface area contributed by atoms with E-state index in [-0.39, 0.29) is 17.3 Å². The van der Waals surface area contributed by atoms with Gasteiger partial charge in [-0.05, 0) is 45.2 Å². The molecule has 0 aromatic rings. The summed E-state index contributed by atoms with van der Waals surface area (Å²) in [6, 6.07) is 0. The third-order valence-corrected chi connectivity index (χ3v) is 3.57. The fourth-order valence-corrected chi connectivity index (χ4v) is 1.72. The van der Waals surface area contributed by atoms with Crippen LogP contribution in [0.1, 0.15) is 0 Å². The molecule has 9 nitrogen and oxygen atoms in total. The fourth-order valence-electron chi connectivity index (χ4n) is 1.21. The molecule has 0 heterocycles. The highest BCUT2D eigenvalue weighted by Gasteiger charge is 1.99. The predicted molar refractivity (Wildman–Crippen MR) is 113 cm³/mol. The SMILES string of the molecule is COC(I)COCCOCCO.OCCOCCOCCOCC(O)I. The molecule has 3 N–H and O–H groups in total. The van der Waals surface area contributed by atoms with E-state index in [1.807, 2.05) is 22.6 Å². The molecule has 0 spiro atoms. The smallest absolute Gasteiger partial charge is 0.131 e. The molecule has 11 heteroatoms. The van der Waals surface area contributed by atoms with Crippen LogP contribution in [-0.2, 0) is 28.4 Å². The van der Waals surface area contributed by atoms with E-state index in [0.29, 0.717) is 66.1 Å². The Morgan fingerprint density at radius 2 is 1.04 bits per heavy atom. The van der Waals surface area contributed by atoms with Crippen molar-refractivity contribution in [2.75, 3.05) is 86.4 Å². The Hall–Kier alpha value is 1.10. The molecule has 0 aromatic heterocycles. The molecule has 0 aromatic carbocycles. The number of hydrogen-bond acceptors (Lipinski definition) is 9. The lowest BCUT2D eigenvalue weighted by Crippen LogP contribution is -2.14. The summed E-state index contributed by atoms with van der Waals surface area (Å²) in [6.07, 6.45) is 0. The van der Waals surface area contributed by atoms with E-state index < -0.39 is 4.11 Å². The Morgan fingerprint density at radius 1 is 0.654 bits per heavy atom. The zero-order valence-electron chi connectivity index (χ0n) is 15.2. The zero-order valence-corrected chi connectivity index (χ0v) is 19.5. The number of ether oxygens (including phenoxy) is 6. The molecule has 0 aliphatic heterocycles. The minimum atomic E-state index is -0.458. The van der Waals surface area contributed by atoms with Gasteiger partial charge in [-0.1, -0.05) is 0 Å². The van der Waals surface area contributed by atoms with Crippen molar-refractivity contribution in [3.05, 3.63) is 0 Å². The van der Waals surface area contributed by atoms with Crippen molar-refractivity contribution in [3.63, 3.8) is 0 Å². The maximum absolute atomic E-state index is 8.83. The third kappa shape index (κ3) is 29.8. The average molecular weight is 610 g/mol. The number of halogens is 2. The quantitative estimate of drug-likeness (QED) is 0.114. The second-order valence-electron chi connectivity index (χ2n) is 4.51. The molecule has 0 saturated carbocycles. The first-order chi connectivity index (χ1) is 12.6. The van der Waals surface area contributed by atoms with E-state index in [4.69, 9.17) is 43.7 Å². The number of methoxy groups -OCH3 is 1. The van der Waals surface area contributed by atoms with Gasteiger partial charge >= 0.3 is 0 Å². The Morgan fingerprint density at radius 3 is 1.42 bits per heavy atom. The van der Waals surface area contributed by atoms with Gasteiger partial charge in [0.1, 0.15) is 8.22 Å². The summed E-state index contributed by atoms with van der Waals surface area (Å²) in [6.45, 7) is 4.73. The Bertz CT molecular complexity index is 251. The first-order valence-corrected chi connectivity index (χ1v) is 10.7. The molecule has 0 fully saturated rings. The Balaban J connectivity index is 0. The standard InChI is InChI=1S/C8H17IO5.C7H15IO4/c9-8(11)7-14-6-5-13-4-3-12-2-1-10;1-10-7(8)6-12-5-4-11-3-2-9/h8,10-11H,1-7H2;7,9H,2-6H2,1H3. The minimum Gasteiger partial charge on any atom is -0.394 e. The average Bonchev–Trinajstić information content (AvgIpc) is 2.63. The molecule has 0 amide bonds. The summed E-state index contributed by atoms with van der Waals surface area (Å²) in [7, 11) is 1.64. The summed E-state index contributed by atoms with van der Waals surface area (Å²) in [5, 5.41) is 25.6. The van der Waals surface area contributed by atoms with Gasteiger partial charge in [0.2, 0.25) is 0 Å². The van der Waals surface area contributed by atoms with E-state index >= 15 is 0 Å². The fraction of sp³-hybridized carbons (Fsp3) is 1.00. The van der Waals surface area contributed by atoms with E-state index in [1.165, 1.54) is 0 Å². The maximum atomic E-state index is 8.83. The second-order valence-corrected chi connectivity index (χ2v) is 7.34. The monoisotopic (exact) mass is 610 g/mol. The first-order valence-electron chi connectivity index (χ1n) is 8.17. The van der Waals surface area contributed by atoms with Gasteiger partial charge < -0.3 is 43.7 Å². The van der Waals surface area contributed by atoms with Crippen LogP contribution in [0.4, 0.5) is 0 Å². The molecule has 26 heavy (non-hydrogen) atoms. The molecule has 160 valence electrons. The molecular formula is C15H32I2O9. The van der Waals surface area contributed by atoms with Crippen molar-refractivity contribution in [3.8, 4) is 0 Å². The molecule has 0 aliphatic carbocycles. The van der Waals surface area contributed by atoms with Gasteiger partial charge in [-0.2, -0.15) is 0 Å². The molecule has 0 saturated heterocycles. The minimum absolute atomic E-state index is 0.0384. The van der Waals surface area contributed by atoms with Crippen LogP contribution in [0, 0.1) is 0 Å². The van der Waals surface area contributed by atoms with Crippen LogP contribution >= 0.6 is 45.2 Å². The van der Waals surface area contributed by atoms with Crippen LogP contribution in [-0.4, -0.2) is 110 Å². The second kappa shape index (κ2) is 26.1. The van der Waals surface area contributed by atoms with Crippen molar-refractivity contribution < 1.29 is 43.7 Å². The maximum Gasteiger partial charge on any atom is 0.131 e. The van der Waals surface area contributed by atoms with Crippen LogP contribution < -0.4 is 0 Å². The number of aliphatic hydroxyl groups is 3. The van der Waals surface area contributed by atoms with Crippen molar-refractivity contribution in [2.45, 2.75) is 8.22 Å². The van der Waals surface area contributed by atoms with Gasteiger partial charge in [0.15, 0.2) is 0 Å². The van der Waals surface area contributed by atoms with Crippen LogP contribution in [0.25, 0.3) is 0 Å². The Kier molecular flexibility index (Phi) is 29.4. The lowest BCUT2D eigenvalue weighted by Gasteiger charge is -2.08. The lowest BCUT2D eigenvalue weighted by atomic mass is 10.7. The van der Waals surface area contributed by atoms with Crippen molar-refractivity contribution >= 4 is 45.2 Å². The van der Waals surface area contributed by atoms with Crippen LogP contribution in [0.15, 0.2) is 0 Å². The predicted octanol–water partition coefficient (Wildman–Crippen LogP) is 0.201. The molecule has 0 radical (unpaired) electrons. The summed E-state index contributed by atoms with van der Waals surface area (Å²) in [4.78, 5) is 0. The van der Waals surface area contributed by atoms with Crippen LogP contribution in [0.2, 0.25) is 0 Å². The van der Waals surface area contributed by atoms with Gasteiger partial charge in [-0.15, -0.1) is 0 Å².